The van der Waals surface area contributed by atoms with E-state index in [-0.39, 0.29) is 11.2 Å². The van der Waals surface area contributed by atoms with E-state index in [9.17, 15) is 4.39 Å². The van der Waals surface area contributed by atoms with Crippen LogP contribution in [0, 0.1) is 11.7 Å². The predicted molar refractivity (Wildman–Crippen MR) is 68.3 cm³/mol. The van der Waals surface area contributed by atoms with Gasteiger partial charge >= 0.3 is 0 Å². The van der Waals surface area contributed by atoms with Crippen LogP contribution in [0.1, 0.15) is 5.56 Å². The third kappa shape index (κ3) is 2.89. The molecule has 0 spiro atoms. The summed E-state index contributed by atoms with van der Waals surface area (Å²) in [5, 5.41) is 0.188. The first kappa shape index (κ1) is 11.7. The molecule has 0 N–H and O–H groups in total. The summed E-state index contributed by atoms with van der Waals surface area (Å²) in [7, 11) is 0. The van der Waals surface area contributed by atoms with E-state index in [1.54, 1.807) is 6.07 Å². The Bertz CT molecular complexity index is 358. The molecule has 0 aromatic heterocycles. The Morgan fingerprint density at radius 3 is 2.93 bits per heavy atom. The van der Waals surface area contributed by atoms with E-state index in [4.69, 9.17) is 11.6 Å². The number of halogens is 3. The minimum Gasteiger partial charge on any atom is -0.207 e. The molecular weight excluding hydrogens is 299 g/mol. The maximum atomic E-state index is 13.5. The largest absolute Gasteiger partial charge is 0.207 e. The molecule has 0 saturated carbocycles. The second kappa shape index (κ2) is 5.07. The van der Waals surface area contributed by atoms with Crippen molar-refractivity contribution in [2.24, 2.45) is 5.92 Å². The fourth-order valence-corrected chi connectivity index (χ4v) is 3.99. The number of hydrogen-bond acceptors (Lipinski definition) is 1. The lowest BCUT2D eigenvalue weighted by molar-refractivity contribution is 0.557. The fourth-order valence-electron chi connectivity index (χ4n) is 1.74. The molecule has 1 saturated heterocycles. The summed E-state index contributed by atoms with van der Waals surface area (Å²) in [5.41, 5.74) is 0.766. The SMILES string of the molecule is Fc1ccc(Br)cc1CC1CSCC1Cl. The van der Waals surface area contributed by atoms with Gasteiger partial charge in [-0.15, -0.1) is 11.6 Å². The monoisotopic (exact) mass is 308 g/mol. The molecule has 2 rings (SSSR count). The van der Waals surface area contributed by atoms with Gasteiger partial charge < -0.3 is 0 Å². The van der Waals surface area contributed by atoms with Crippen molar-refractivity contribution in [1.82, 2.24) is 0 Å². The number of benzene rings is 1. The molecular formula is C11H11BrClFS. The molecule has 15 heavy (non-hydrogen) atoms. The van der Waals surface area contributed by atoms with E-state index in [1.165, 1.54) is 6.07 Å². The highest BCUT2D eigenvalue weighted by Crippen LogP contribution is 2.32. The zero-order valence-corrected chi connectivity index (χ0v) is 11.2. The van der Waals surface area contributed by atoms with Crippen molar-refractivity contribution in [1.29, 1.82) is 0 Å². The summed E-state index contributed by atoms with van der Waals surface area (Å²) < 4.78 is 14.4. The standard InChI is InChI=1S/C11H11BrClFS/c12-9-1-2-11(14)7(4-9)3-8-5-15-6-10(8)13/h1-2,4,8,10H,3,5-6H2. The molecule has 0 nitrogen and oxygen atoms in total. The lowest BCUT2D eigenvalue weighted by Gasteiger charge is -2.13. The average Bonchev–Trinajstić information content (AvgIpc) is 2.58. The quantitative estimate of drug-likeness (QED) is 0.741. The van der Waals surface area contributed by atoms with Gasteiger partial charge in [-0.05, 0) is 41.9 Å². The molecule has 1 fully saturated rings. The normalized spacial score (nSPS) is 25.8. The van der Waals surface area contributed by atoms with Gasteiger partial charge in [0.15, 0.2) is 0 Å². The highest BCUT2D eigenvalue weighted by atomic mass is 79.9. The second-order valence-corrected chi connectivity index (χ2v) is 6.30. The third-order valence-electron chi connectivity index (χ3n) is 2.61. The Labute approximate surface area is 107 Å². The zero-order chi connectivity index (χ0) is 10.8. The minimum atomic E-state index is -0.126. The van der Waals surface area contributed by atoms with Crippen molar-refractivity contribution in [2.45, 2.75) is 11.8 Å². The summed E-state index contributed by atoms with van der Waals surface area (Å²) in [6, 6.07) is 5.08. The summed E-state index contributed by atoms with van der Waals surface area (Å²) in [6.07, 6.45) is 0.742. The molecule has 1 aromatic carbocycles. The maximum absolute atomic E-state index is 13.5. The van der Waals surface area contributed by atoms with Gasteiger partial charge in [-0.25, -0.2) is 4.39 Å². The van der Waals surface area contributed by atoms with Gasteiger partial charge in [0.2, 0.25) is 0 Å². The van der Waals surface area contributed by atoms with Crippen LogP contribution in [0.5, 0.6) is 0 Å². The van der Waals surface area contributed by atoms with Crippen molar-refractivity contribution in [3.63, 3.8) is 0 Å². The summed E-state index contributed by atoms with van der Waals surface area (Å²) >= 11 is 11.4. The molecule has 1 aromatic rings. The molecule has 0 radical (unpaired) electrons. The number of rotatable bonds is 2. The molecule has 2 atom stereocenters. The number of alkyl halides is 1. The predicted octanol–water partition coefficient (Wildman–Crippen LogP) is 4.10. The highest BCUT2D eigenvalue weighted by Gasteiger charge is 2.26. The zero-order valence-electron chi connectivity index (χ0n) is 8.05. The molecule has 1 heterocycles. The molecule has 0 amide bonds. The van der Waals surface area contributed by atoms with Gasteiger partial charge in [0.25, 0.3) is 0 Å². The van der Waals surface area contributed by atoms with Crippen molar-refractivity contribution in [3.8, 4) is 0 Å². The fraction of sp³-hybridized carbons (Fsp3) is 0.455. The van der Waals surface area contributed by atoms with E-state index in [2.05, 4.69) is 15.9 Å². The molecule has 2 unspecified atom stereocenters. The second-order valence-electron chi connectivity index (χ2n) is 3.75. The van der Waals surface area contributed by atoms with E-state index in [1.807, 2.05) is 17.8 Å². The van der Waals surface area contributed by atoms with Crippen molar-refractivity contribution < 1.29 is 4.39 Å². The van der Waals surface area contributed by atoms with Crippen LogP contribution in [0.2, 0.25) is 0 Å². The van der Waals surface area contributed by atoms with Gasteiger partial charge in [-0.1, -0.05) is 15.9 Å². The van der Waals surface area contributed by atoms with Crippen LogP contribution in [-0.4, -0.2) is 16.9 Å². The Morgan fingerprint density at radius 1 is 1.47 bits per heavy atom. The Kier molecular flexibility index (Phi) is 3.97. The molecule has 1 aliphatic rings. The van der Waals surface area contributed by atoms with Crippen LogP contribution in [0.3, 0.4) is 0 Å². The Hall–Kier alpha value is 0.270. The lowest BCUT2D eigenvalue weighted by Crippen LogP contribution is -2.15. The van der Waals surface area contributed by atoms with Crippen LogP contribution in [-0.2, 0) is 6.42 Å². The molecule has 1 aliphatic heterocycles. The van der Waals surface area contributed by atoms with E-state index < -0.39 is 0 Å². The summed E-state index contributed by atoms with van der Waals surface area (Å²) in [5.74, 6) is 2.31. The lowest BCUT2D eigenvalue weighted by atomic mass is 9.98. The molecule has 0 aliphatic carbocycles. The van der Waals surface area contributed by atoms with E-state index >= 15 is 0 Å². The van der Waals surface area contributed by atoms with Crippen LogP contribution in [0.25, 0.3) is 0 Å². The number of thioether (sulfide) groups is 1. The van der Waals surface area contributed by atoms with Crippen LogP contribution in [0.4, 0.5) is 4.39 Å². The Morgan fingerprint density at radius 2 is 2.27 bits per heavy atom. The van der Waals surface area contributed by atoms with E-state index in [0.29, 0.717) is 5.92 Å². The van der Waals surface area contributed by atoms with Gasteiger partial charge in [-0.3, -0.25) is 0 Å². The summed E-state index contributed by atoms with van der Waals surface area (Å²) in [6.45, 7) is 0. The first-order valence-corrected chi connectivity index (χ1v) is 7.21. The molecule has 0 bridgehead atoms. The Balaban J connectivity index is 2.12. The van der Waals surface area contributed by atoms with E-state index in [0.717, 1.165) is 28.0 Å². The van der Waals surface area contributed by atoms with Gasteiger partial charge in [0, 0.05) is 15.6 Å². The third-order valence-corrected chi connectivity index (χ3v) is 5.06. The number of hydrogen-bond donors (Lipinski definition) is 0. The smallest absolute Gasteiger partial charge is 0.126 e. The van der Waals surface area contributed by atoms with Crippen LogP contribution >= 0.6 is 39.3 Å². The highest BCUT2D eigenvalue weighted by molar-refractivity contribution is 9.10. The van der Waals surface area contributed by atoms with Crippen molar-refractivity contribution in [3.05, 3.63) is 34.1 Å². The first-order valence-electron chi connectivity index (χ1n) is 4.82. The minimum absolute atomic E-state index is 0.126. The van der Waals surface area contributed by atoms with Gasteiger partial charge in [0.05, 0.1) is 0 Å². The topological polar surface area (TPSA) is 0 Å². The van der Waals surface area contributed by atoms with Gasteiger partial charge in [0.1, 0.15) is 5.82 Å². The maximum Gasteiger partial charge on any atom is 0.126 e. The first-order chi connectivity index (χ1) is 7.16. The van der Waals surface area contributed by atoms with Crippen LogP contribution < -0.4 is 0 Å². The van der Waals surface area contributed by atoms with Crippen LogP contribution in [0.15, 0.2) is 22.7 Å². The summed E-state index contributed by atoms with van der Waals surface area (Å²) in [4.78, 5) is 0. The van der Waals surface area contributed by atoms with Gasteiger partial charge in [-0.2, -0.15) is 11.8 Å². The van der Waals surface area contributed by atoms with Crippen molar-refractivity contribution >= 4 is 39.3 Å². The molecule has 4 heteroatoms. The van der Waals surface area contributed by atoms with Crippen molar-refractivity contribution in [2.75, 3.05) is 11.5 Å². The molecule has 82 valence electrons. The average molecular weight is 310 g/mol.